The topological polar surface area (TPSA) is 44.4 Å². The predicted molar refractivity (Wildman–Crippen MR) is 95.6 cm³/mol. The van der Waals surface area contributed by atoms with Crippen molar-refractivity contribution >= 4 is 17.5 Å². The summed E-state index contributed by atoms with van der Waals surface area (Å²) < 4.78 is 13.8. The molecule has 0 aliphatic carbocycles. The Morgan fingerprint density at radius 3 is 3.08 bits per heavy atom. The van der Waals surface area contributed by atoms with Crippen LogP contribution >= 0.6 is 11.6 Å². The first-order chi connectivity index (χ1) is 11.6. The quantitative estimate of drug-likeness (QED) is 0.753. The maximum Gasteiger partial charge on any atom is 0.234 e. The number of piperidine rings is 1. The van der Waals surface area contributed by atoms with Gasteiger partial charge < -0.3 is 15.5 Å². The molecule has 0 aromatic heterocycles. The summed E-state index contributed by atoms with van der Waals surface area (Å²) in [5.41, 5.74) is 0.402. The number of nitrogens with one attached hydrogen (secondary N) is 2. The first-order valence-corrected chi connectivity index (χ1v) is 9.13. The summed E-state index contributed by atoms with van der Waals surface area (Å²) in [6, 6.07) is 5.15. The largest absolute Gasteiger partial charge is 0.351 e. The third-order valence-electron chi connectivity index (χ3n) is 4.39. The fourth-order valence-corrected chi connectivity index (χ4v) is 3.18. The molecule has 1 amide bonds. The highest BCUT2D eigenvalue weighted by Crippen LogP contribution is 2.17. The second kappa shape index (κ2) is 9.97. The van der Waals surface area contributed by atoms with E-state index in [0.717, 1.165) is 32.5 Å². The third-order valence-corrected chi connectivity index (χ3v) is 4.68. The van der Waals surface area contributed by atoms with E-state index in [1.165, 1.54) is 18.9 Å². The van der Waals surface area contributed by atoms with Crippen molar-refractivity contribution in [2.45, 2.75) is 45.2 Å². The van der Waals surface area contributed by atoms with Crippen molar-refractivity contribution in [3.8, 4) is 0 Å². The zero-order valence-electron chi connectivity index (χ0n) is 14.3. The number of likely N-dealkylation sites (tertiary alicyclic amines) is 1. The van der Waals surface area contributed by atoms with Crippen molar-refractivity contribution in [1.82, 2.24) is 15.5 Å². The molecular formula is C18H27ClFN3O. The van der Waals surface area contributed by atoms with Crippen molar-refractivity contribution < 1.29 is 9.18 Å². The highest BCUT2D eigenvalue weighted by molar-refractivity contribution is 6.30. The number of amides is 1. The van der Waals surface area contributed by atoms with E-state index in [0.29, 0.717) is 11.6 Å². The molecule has 0 radical (unpaired) electrons. The molecule has 0 saturated carbocycles. The lowest BCUT2D eigenvalue weighted by Crippen LogP contribution is -2.48. The molecule has 1 aromatic carbocycles. The summed E-state index contributed by atoms with van der Waals surface area (Å²) in [5, 5.41) is 6.13. The number of rotatable bonds is 8. The van der Waals surface area contributed by atoms with Crippen LogP contribution in [0.4, 0.5) is 4.39 Å². The van der Waals surface area contributed by atoms with Crippen molar-refractivity contribution in [1.29, 1.82) is 0 Å². The molecule has 1 fully saturated rings. The number of carbonyl (C=O) groups excluding carboxylic acids is 1. The van der Waals surface area contributed by atoms with Crippen LogP contribution in [0.25, 0.3) is 0 Å². The Hall–Kier alpha value is -1.17. The van der Waals surface area contributed by atoms with Gasteiger partial charge in [-0.15, -0.1) is 0 Å². The van der Waals surface area contributed by atoms with Crippen molar-refractivity contribution in [3.63, 3.8) is 0 Å². The normalized spacial score (nSPS) is 18.5. The summed E-state index contributed by atoms with van der Waals surface area (Å²) in [4.78, 5) is 14.4. The van der Waals surface area contributed by atoms with Gasteiger partial charge in [-0.3, -0.25) is 4.79 Å². The van der Waals surface area contributed by atoms with E-state index in [1.54, 1.807) is 12.1 Å². The predicted octanol–water partition coefficient (Wildman–Crippen LogP) is 2.95. The molecular weight excluding hydrogens is 329 g/mol. The van der Waals surface area contributed by atoms with Gasteiger partial charge in [0.05, 0.1) is 11.6 Å². The van der Waals surface area contributed by atoms with Crippen LogP contribution in [0.3, 0.4) is 0 Å². The number of nitrogens with zero attached hydrogens (tertiary/aromatic N) is 1. The molecule has 0 spiro atoms. The van der Waals surface area contributed by atoms with E-state index in [1.807, 2.05) is 0 Å². The Labute approximate surface area is 148 Å². The average Bonchev–Trinajstić information content (AvgIpc) is 2.60. The van der Waals surface area contributed by atoms with Crippen LogP contribution in [0.2, 0.25) is 5.02 Å². The van der Waals surface area contributed by atoms with E-state index in [4.69, 9.17) is 11.6 Å². The lowest BCUT2D eigenvalue weighted by molar-refractivity contribution is -0.120. The van der Waals surface area contributed by atoms with Gasteiger partial charge in [-0.1, -0.05) is 37.1 Å². The van der Waals surface area contributed by atoms with E-state index in [-0.39, 0.29) is 24.0 Å². The van der Waals surface area contributed by atoms with Crippen LogP contribution < -0.4 is 10.6 Å². The Morgan fingerprint density at radius 1 is 1.46 bits per heavy atom. The van der Waals surface area contributed by atoms with Gasteiger partial charge in [0.2, 0.25) is 5.91 Å². The first kappa shape index (κ1) is 19.2. The lowest BCUT2D eigenvalue weighted by Gasteiger charge is -2.33. The van der Waals surface area contributed by atoms with Crippen LogP contribution in [0.5, 0.6) is 0 Å². The Bertz CT molecular complexity index is 541. The maximum atomic E-state index is 13.8. The van der Waals surface area contributed by atoms with Gasteiger partial charge in [0.25, 0.3) is 0 Å². The SMILES string of the molecule is CCCCN1CCCC(NCC(=O)NCc2cccc(Cl)c2F)C1. The van der Waals surface area contributed by atoms with Gasteiger partial charge in [-0.2, -0.15) is 0 Å². The van der Waals surface area contributed by atoms with E-state index < -0.39 is 5.82 Å². The first-order valence-electron chi connectivity index (χ1n) is 8.75. The Balaban J connectivity index is 1.70. The molecule has 2 N–H and O–H groups in total. The van der Waals surface area contributed by atoms with Crippen molar-refractivity contribution in [3.05, 3.63) is 34.6 Å². The lowest BCUT2D eigenvalue weighted by atomic mass is 10.1. The monoisotopic (exact) mass is 355 g/mol. The fraction of sp³-hybridized carbons (Fsp3) is 0.611. The van der Waals surface area contributed by atoms with E-state index in [9.17, 15) is 9.18 Å². The van der Waals surface area contributed by atoms with Crippen LogP contribution in [0, 0.1) is 5.82 Å². The van der Waals surface area contributed by atoms with E-state index in [2.05, 4.69) is 22.5 Å². The van der Waals surface area contributed by atoms with Crippen LogP contribution in [-0.2, 0) is 11.3 Å². The van der Waals surface area contributed by atoms with Gasteiger partial charge >= 0.3 is 0 Å². The minimum Gasteiger partial charge on any atom is -0.351 e. The molecule has 134 valence electrons. The van der Waals surface area contributed by atoms with Gasteiger partial charge in [-0.25, -0.2) is 4.39 Å². The molecule has 1 atom stereocenters. The van der Waals surface area contributed by atoms with Crippen LogP contribution in [-0.4, -0.2) is 43.0 Å². The number of halogens is 2. The molecule has 0 bridgehead atoms. The molecule has 2 rings (SSSR count). The van der Waals surface area contributed by atoms with Crippen molar-refractivity contribution in [2.24, 2.45) is 0 Å². The average molecular weight is 356 g/mol. The Morgan fingerprint density at radius 2 is 2.29 bits per heavy atom. The summed E-state index contributed by atoms with van der Waals surface area (Å²) in [6.07, 6.45) is 4.69. The molecule has 1 aliphatic heterocycles. The summed E-state index contributed by atoms with van der Waals surface area (Å²) in [7, 11) is 0. The minimum atomic E-state index is -0.466. The fourth-order valence-electron chi connectivity index (χ4n) is 2.99. The Kier molecular flexibility index (Phi) is 7.95. The van der Waals surface area contributed by atoms with Gasteiger partial charge in [-0.05, 0) is 38.4 Å². The van der Waals surface area contributed by atoms with Crippen molar-refractivity contribution in [2.75, 3.05) is 26.2 Å². The standard InChI is InChI=1S/C18H27ClFN3O/c1-2-3-9-23-10-5-7-15(13-23)21-12-17(24)22-11-14-6-4-8-16(19)18(14)20/h4,6,8,15,21H,2-3,5,7,9-13H2,1H3,(H,22,24). The van der Waals surface area contributed by atoms with Gasteiger partial charge in [0, 0.05) is 24.7 Å². The minimum absolute atomic E-state index is 0.0780. The third kappa shape index (κ3) is 6.04. The molecule has 1 heterocycles. The number of hydrogen-bond donors (Lipinski definition) is 2. The zero-order valence-corrected chi connectivity index (χ0v) is 15.0. The molecule has 4 nitrogen and oxygen atoms in total. The number of carbonyl (C=O) groups is 1. The smallest absolute Gasteiger partial charge is 0.234 e. The molecule has 1 unspecified atom stereocenters. The van der Waals surface area contributed by atoms with E-state index >= 15 is 0 Å². The second-order valence-corrected chi connectivity index (χ2v) is 6.77. The highest BCUT2D eigenvalue weighted by Gasteiger charge is 2.19. The van der Waals surface area contributed by atoms with Crippen LogP contribution in [0.15, 0.2) is 18.2 Å². The van der Waals surface area contributed by atoms with Crippen LogP contribution in [0.1, 0.15) is 38.2 Å². The number of benzene rings is 1. The van der Waals surface area contributed by atoms with Gasteiger partial charge in [0.15, 0.2) is 0 Å². The number of unbranched alkanes of at least 4 members (excludes halogenated alkanes) is 1. The zero-order chi connectivity index (χ0) is 17.4. The number of hydrogen-bond acceptors (Lipinski definition) is 3. The molecule has 24 heavy (non-hydrogen) atoms. The maximum absolute atomic E-state index is 13.8. The molecule has 1 aliphatic rings. The molecule has 1 aromatic rings. The summed E-state index contributed by atoms with van der Waals surface area (Å²) in [6.45, 7) is 5.89. The van der Waals surface area contributed by atoms with Gasteiger partial charge in [0.1, 0.15) is 5.82 Å². The molecule has 6 heteroatoms. The summed E-state index contributed by atoms with van der Waals surface area (Å²) in [5.74, 6) is -0.591. The highest BCUT2D eigenvalue weighted by atomic mass is 35.5. The molecule has 1 saturated heterocycles. The summed E-state index contributed by atoms with van der Waals surface area (Å²) >= 11 is 5.74. The second-order valence-electron chi connectivity index (χ2n) is 6.36.